The number of carbonyl (C=O) groups excluding carboxylic acids is 1. The van der Waals surface area contributed by atoms with Crippen molar-refractivity contribution < 1.29 is 9.21 Å². The Morgan fingerprint density at radius 1 is 1.30 bits per heavy atom. The Morgan fingerprint density at radius 2 is 2.15 bits per heavy atom. The Kier molecular flexibility index (Phi) is 3.04. The number of aromatic nitrogens is 3. The van der Waals surface area contributed by atoms with E-state index in [1.165, 1.54) is 12.6 Å². The monoisotopic (exact) mass is 268 g/mol. The van der Waals surface area contributed by atoms with Crippen molar-refractivity contribution in [1.82, 2.24) is 14.8 Å². The van der Waals surface area contributed by atoms with Gasteiger partial charge in [0, 0.05) is 0 Å². The number of hydrogen-bond acceptors (Lipinski definition) is 4. The van der Waals surface area contributed by atoms with Gasteiger partial charge in [-0.1, -0.05) is 12.1 Å². The molecular formula is C14H12N4O2. The number of anilines is 1. The summed E-state index contributed by atoms with van der Waals surface area (Å²) in [5.41, 5.74) is 1.92. The van der Waals surface area contributed by atoms with Crippen LogP contribution in [0.3, 0.4) is 0 Å². The molecule has 3 rings (SSSR count). The predicted octanol–water partition coefficient (Wildman–Crippen LogP) is 2.42. The Bertz CT molecular complexity index is 731. The number of hydrogen-bond donors (Lipinski definition) is 1. The summed E-state index contributed by atoms with van der Waals surface area (Å²) in [6.45, 7) is 1.75. The van der Waals surface area contributed by atoms with E-state index in [4.69, 9.17) is 4.42 Å². The van der Waals surface area contributed by atoms with Crippen LogP contribution in [-0.4, -0.2) is 20.7 Å². The molecule has 1 N–H and O–H groups in total. The fourth-order valence-corrected chi connectivity index (χ4v) is 1.92. The van der Waals surface area contributed by atoms with Crippen LogP contribution in [-0.2, 0) is 0 Å². The second kappa shape index (κ2) is 5.00. The molecule has 0 atom stereocenters. The molecule has 0 fully saturated rings. The lowest BCUT2D eigenvalue weighted by atomic mass is 10.2. The molecule has 3 aromatic rings. The number of para-hydroxylation sites is 2. The van der Waals surface area contributed by atoms with Crippen molar-refractivity contribution in [1.29, 1.82) is 0 Å². The molecule has 0 aliphatic rings. The molecule has 2 aromatic heterocycles. The molecule has 0 saturated heterocycles. The average molecular weight is 268 g/mol. The highest BCUT2D eigenvalue weighted by molar-refractivity contribution is 6.05. The summed E-state index contributed by atoms with van der Waals surface area (Å²) in [5.74, 6) is 0.365. The molecule has 0 spiro atoms. The van der Waals surface area contributed by atoms with E-state index in [0.717, 1.165) is 5.69 Å². The van der Waals surface area contributed by atoms with Crippen molar-refractivity contribution in [3.05, 3.63) is 60.6 Å². The van der Waals surface area contributed by atoms with Gasteiger partial charge in [-0.3, -0.25) is 4.79 Å². The highest BCUT2D eigenvalue weighted by Crippen LogP contribution is 2.20. The number of nitrogens with one attached hydrogen (secondary N) is 1. The topological polar surface area (TPSA) is 73.0 Å². The van der Waals surface area contributed by atoms with Crippen LogP contribution in [0.5, 0.6) is 0 Å². The molecule has 0 unspecified atom stereocenters. The van der Waals surface area contributed by atoms with E-state index in [1.807, 2.05) is 24.3 Å². The predicted molar refractivity (Wildman–Crippen MR) is 72.8 cm³/mol. The zero-order valence-electron chi connectivity index (χ0n) is 10.8. The third-order valence-corrected chi connectivity index (χ3v) is 2.92. The highest BCUT2D eigenvalue weighted by Gasteiger charge is 2.13. The van der Waals surface area contributed by atoms with Gasteiger partial charge in [0.25, 0.3) is 5.91 Å². The lowest BCUT2D eigenvalue weighted by Gasteiger charge is -2.10. The van der Waals surface area contributed by atoms with Gasteiger partial charge in [0.05, 0.1) is 23.2 Å². The summed E-state index contributed by atoms with van der Waals surface area (Å²) in [6, 6.07) is 9.02. The fraction of sp³-hybridized carbons (Fsp3) is 0.0714. The van der Waals surface area contributed by atoms with E-state index in [-0.39, 0.29) is 5.91 Å². The molecule has 0 saturated carbocycles. The number of carbonyl (C=O) groups is 1. The summed E-state index contributed by atoms with van der Waals surface area (Å²) in [4.78, 5) is 16.1. The lowest BCUT2D eigenvalue weighted by molar-refractivity contribution is 0.102. The molecule has 6 nitrogen and oxygen atoms in total. The van der Waals surface area contributed by atoms with Gasteiger partial charge in [-0.2, -0.15) is 5.10 Å². The molecule has 100 valence electrons. The molecule has 6 heteroatoms. The lowest BCUT2D eigenvalue weighted by Crippen LogP contribution is -2.14. The molecule has 0 aliphatic heterocycles. The van der Waals surface area contributed by atoms with Crippen molar-refractivity contribution in [3.63, 3.8) is 0 Å². The van der Waals surface area contributed by atoms with Crippen LogP contribution in [0.4, 0.5) is 5.69 Å². The maximum Gasteiger partial charge on any atom is 0.259 e. The normalized spacial score (nSPS) is 10.4. The third kappa shape index (κ3) is 2.18. The van der Waals surface area contributed by atoms with Crippen LogP contribution < -0.4 is 5.32 Å². The number of rotatable bonds is 3. The fourth-order valence-electron chi connectivity index (χ4n) is 1.92. The summed E-state index contributed by atoms with van der Waals surface area (Å²) < 4.78 is 6.73. The van der Waals surface area contributed by atoms with Crippen LogP contribution in [0.15, 0.2) is 53.7 Å². The van der Waals surface area contributed by atoms with Gasteiger partial charge < -0.3 is 9.73 Å². The first-order valence-electron chi connectivity index (χ1n) is 6.05. The van der Waals surface area contributed by atoms with Crippen LogP contribution in [0.1, 0.15) is 16.1 Å². The van der Waals surface area contributed by atoms with Gasteiger partial charge in [0.15, 0.2) is 0 Å². The van der Waals surface area contributed by atoms with E-state index in [9.17, 15) is 4.79 Å². The quantitative estimate of drug-likeness (QED) is 0.791. The Hall–Kier alpha value is -2.89. The van der Waals surface area contributed by atoms with Crippen LogP contribution in [0.2, 0.25) is 0 Å². The molecule has 20 heavy (non-hydrogen) atoms. The van der Waals surface area contributed by atoms with E-state index < -0.39 is 0 Å². The highest BCUT2D eigenvalue weighted by atomic mass is 16.3. The van der Waals surface area contributed by atoms with Gasteiger partial charge >= 0.3 is 0 Å². The summed E-state index contributed by atoms with van der Waals surface area (Å²) in [5, 5.41) is 6.92. The van der Waals surface area contributed by atoms with E-state index in [1.54, 1.807) is 24.0 Å². The van der Waals surface area contributed by atoms with Gasteiger partial charge in [-0.15, -0.1) is 0 Å². The Labute approximate surface area is 115 Å². The number of benzene rings is 1. The zero-order chi connectivity index (χ0) is 13.9. The largest absolute Gasteiger partial charge is 0.469 e. The smallest absolute Gasteiger partial charge is 0.259 e. The summed E-state index contributed by atoms with van der Waals surface area (Å²) in [6.07, 6.45) is 4.51. The molecule has 2 heterocycles. The number of amides is 1. The molecular weight excluding hydrogens is 256 g/mol. The molecule has 1 aromatic carbocycles. The second-order valence-electron chi connectivity index (χ2n) is 4.20. The first-order valence-corrected chi connectivity index (χ1v) is 6.05. The average Bonchev–Trinajstić information content (AvgIpc) is 3.10. The van der Waals surface area contributed by atoms with E-state index in [0.29, 0.717) is 17.0 Å². The molecule has 0 aliphatic carbocycles. The summed E-state index contributed by atoms with van der Waals surface area (Å²) in [7, 11) is 0. The van der Waals surface area contributed by atoms with Gasteiger partial charge in [-0.05, 0) is 25.1 Å². The third-order valence-electron chi connectivity index (χ3n) is 2.92. The summed E-state index contributed by atoms with van der Waals surface area (Å²) >= 11 is 0. The molecule has 0 bridgehead atoms. The van der Waals surface area contributed by atoms with Crippen molar-refractivity contribution in [2.75, 3.05) is 5.32 Å². The molecule has 1 amide bonds. The Balaban J connectivity index is 1.92. The molecule has 0 radical (unpaired) electrons. The number of furan rings is 1. The van der Waals surface area contributed by atoms with Crippen LogP contribution >= 0.6 is 0 Å². The zero-order valence-corrected chi connectivity index (χ0v) is 10.8. The van der Waals surface area contributed by atoms with Crippen LogP contribution in [0.25, 0.3) is 5.69 Å². The van der Waals surface area contributed by atoms with Gasteiger partial charge in [0.2, 0.25) is 0 Å². The maximum absolute atomic E-state index is 12.2. The van der Waals surface area contributed by atoms with Crippen LogP contribution in [0, 0.1) is 6.92 Å². The van der Waals surface area contributed by atoms with Crippen molar-refractivity contribution in [2.45, 2.75) is 6.92 Å². The Morgan fingerprint density at radius 3 is 2.85 bits per heavy atom. The minimum Gasteiger partial charge on any atom is -0.469 e. The minimum absolute atomic E-state index is 0.219. The van der Waals surface area contributed by atoms with Gasteiger partial charge in [0.1, 0.15) is 18.4 Å². The van der Waals surface area contributed by atoms with Gasteiger partial charge in [-0.25, -0.2) is 9.67 Å². The first-order chi connectivity index (χ1) is 9.75. The standard InChI is InChI=1S/C14H12N4O2/c1-10-11(6-7-20-10)14(19)17-12-4-2-3-5-13(12)18-9-15-8-16-18/h2-9H,1H3,(H,17,19). The minimum atomic E-state index is -0.219. The van der Waals surface area contributed by atoms with Crippen molar-refractivity contribution in [3.8, 4) is 5.69 Å². The SMILES string of the molecule is Cc1occc1C(=O)Nc1ccccc1-n1cncn1. The number of aryl methyl sites for hydroxylation is 1. The second-order valence-corrected chi connectivity index (χ2v) is 4.20. The maximum atomic E-state index is 12.2. The van der Waals surface area contributed by atoms with Crippen molar-refractivity contribution in [2.24, 2.45) is 0 Å². The van der Waals surface area contributed by atoms with E-state index >= 15 is 0 Å². The first kappa shape index (κ1) is 12.2. The van der Waals surface area contributed by atoms with Crippen molar-refractivity contribution >= 4 is 11.6 Å². The number of nitrogens with zero attached hydrogens (tertiary/aromatic N) is 3. The van der Waals surface area contributed by atoms with E-state index in [2.05, 4.69) is 15.4 Å².